The van der Waals surface area contributed by atoms with Crippen LogP contribution in [0.2, 0.25) is 10.0 Å². The predicted molar refractivity (Wildman–Crippen MR) is 111 cm³/mol. The lowest BCUT2D eigenvalue weighted by molar-refractivity contribution is -0.115. The van der Waals surface area contributed by atoms with Crippen LogP contribution in [0.3, 0.4) is 0 Å². The van der Waals surface area contributed by atoms with Crippen molar-refractivity contribution < 1.29 is 14.3 Å². The van der Waals surface area contributed by atoms with Gasteiger partial charge in [0, 0.05) is 11.1 Å². The minimum absolute atomic E-state index is 0.0161. The minimum Gasteiger partial charge on any atom is -0.456 e. The molecule has 2 aromatic carbocycles. The number of amides is 1. The Kier molecular flexibility index (Phi) is 6.67. The summed E-state index contributed by atoms with van der Waals surface area (Å²) in [6, 6.07) is 12.3. The number of anilines is 1. The minimum atomic E-state index is -0.584. The van der Waals surface area contributed by atoms with Crippen LogP contribution in [0, 0.1) is 6.92 Å². The number of hydrogen-bond acceptors (Lipinski definition) is 5. The number of aryl methyl sites for hydroxylation is 1. The molecular weight excluding hydrogens is 419 g/mol. The Morgan fingerprint density at radius 1 is 1.14 bits per heavy atom. The number of ether oxygens (including phenoxy) is 1. The maximum Gasteiger partial charge on any atom is 0.340 e. The Morgan fingerprint density at radius 2 is 1.89 bits per heavy atom. The van der Waals surface area contributed by atoms with Crippen molar-refractivity contribution in [3.63, 3.8) is 0 Å². The van der Waals surface area contributed by atoms with Crippen LogP contribution in [0.25, 0.3) is 0 Å². The highest BCUT2D eigenvalue weighted by molar-refractivity contribution is 7.09. The molecule has 144 valence electrons. The molecule has 0 fully saturated rings. The molecule has 0 saturated carbocycles. The monoisotopic (exact) mass is 434 g/mol. The number of hydrogen-bond donors (Lipinski definition) is 1. The predicted octanol–water partition coefficient (Wildman–Crippen LogP) is 5.30. The zero-order chi connectivity index (χ0) is 20.1. The van der Waals surface area contributed by atoms with Gasteiger partial charge in [-0.05, 0) is 31.2 Å². The van der Waals surface area contributed by atoms with Gasteiger partial charge in [-0.15, -0.1) is 11.3 Å². The normalized spacial score (nSPS) is 10.5. The summed E-state index contributed by atoms with van der Waals surface area (Å²) in [4.78, 5) is 28.6. The summed E-state index contributed by atoms with van der Waals surface area (Å²) in [6.45, 7) is 1.97. The molecule has 1 N–H and O–H groups in total. The summed E-state index contributed by atoms with van der Waals surface area (Å²) in [5.74, 6) is -0.744. The van der Waals surface area contributed by atoms with Crippen LogP contribution < -0.4 is 5.32 Å². The number of carbonyl (C=O) groups excluding carboxylic acids is 2. The van der Waals surface area contributed by atoms with E-state index < -0.39 is 5.97 Å². The van der Waals surface area contributed by atoms with E-state index in [9.17, 15) is 9.59 Å². The van der Waals surface area contributed by atoms with Gasteiger partial charge in [-0.2, -0.15) is 0 Å². The molecular formula is C20H16Cl2N2O3S. The second kappa shape index (κ2) is 9.19. The largest absolute Gasteiger partial charge is 0.456 e. The highest BCUT2D eigenvalue weighted by Gasteiger charge is 2.15. The summed E-state index contributed by atoms with van der Waals surface area (Å²) < 4.78 is 5.24. The lowest BCUT2D eigenvalue weighted by Crippen LogP contribution is -2.14. The molecule has 0 atom stereocenters. The Morgan fingerprint density at radius 3 is 2.64 bits per heavy atom. The van der Waals surface area contributed by atoms with Crippen LogP contribution in [0.5, 0.6) is 0 Å². The van der Waals surface area contributed by atoms with Crippen LogP contribution in [0.1, 0.15) is 26.6 Å². The molecule has 0 spiro atoms. The van der Waals surface area contributed by atoms with Gasteiger partial charge < -0.3 is 10.1 Å². The second-order valence-electron chi connectivity index (χ2n) is 6.00. The molecule has 0 aliphatic heterocycles. The smallest absolute Gasteiger partial charge is 0.340 e. The lowest BCUT2D eigenvalue weighted by atomic mass is 10.2. The maximum atomic E-state index is 12.1. The number of esters is 1. The zero-order valence-corrected chi connectivity index (χ0v) is 17.2. The molecule has 0 bridgehead atoms. The third kappa shape index (κ3) is 5.32. The number of thiazole rings is 1. The van der Waals surface area contributed by atoms with Crippen molar-refractivity contribution in [2.24, 2.45) is 0 Å². The fourth-order valence-corrected chi connectivity index (χ4v) is 3.51. The van der Waals surface area contributed by atoms with Gasteiger partial charge in [-0.1, -0.05) is 47.0 Å². The maximum absolute atomic E-state index is 12.1. The summed E-state index contributed by atoms with van der Waals surface area (Å²) in [7, 11) is 0. The van der Waals surface area contributed by atoms with E-state index in [1.807, 2.05) is 31.2 Å². The fourth-order valence-electron chi connectivity index (χ4n) is 2.35. The Hall–Kier alpha value is -2.41. The van der Waals surface area contributed by atoms with Crippen molar-refractivity contribution in [3.05, 3.63) is 79.7 Å². The zero-order valence-electron chi connectivity index (χ0n) is 14.9. The molecule has 1 heterocycles. The number of aromatic nitrogens is 1. The van der Waals surface area contributed by atoms with Gasteiger partial charge >= 0.3 is 5.97 Å². The third-order valence-corrected chi connectivity index (χ3v) is 5.49. The molecule has 0 saturated heterocycles. The molecule has 28 heavy (non-hydrogen) atoms. The van der Waals surface area contributed by atoms with Crippen LogP contribution in [0.15, 0.2) is 47.8 Å². The molecule has 3 rings (SSSR count). The Labute approximate surface area is 176 Å². The SMILES string of the molecule is Cc1ccc(NC(=O)Cc2nc(COC(=O)c3cccc(Cl)c3Cl)cs2)cc1. The topological polar surface area (TPSA) is 68.3 Å². The quantitative estimate of drug-likeness (QED) is 0.534. The molecule has 0 aliphatic carbocycles. The van der Waals surface area contributed by atoms with Gasteiger partial charge in [0.05, 0.1) is 27.7 Å². The average Bonchev–Trinajstić information content (AvgIpc) is 3.11. The summed E-state index contributed by atoms with van der Waals surface area (Å²) in [5, 5.41) is 5.65. The van der Waals surface area contributed by atoms with E-state index in [1.54, 1.807) is 23.6 Å². The summed E-state index contributed by atoms with van der Waals surface area (Å²) >= 11 is 13.3. The van der Waals surface area contributed by atoms with Gasteiger partial charge in [0.2, 0.25) is 5.91 Å². The summed E-state index contributed by atoms with van der Waals surface area (Å²) in [5.41, 5.74) is 2.62. The van der Waals surface area contributed by atoms with Crippen molar-refractivity contribution in [2.75, 3.05) is 5.32 Å². The van der Waals surface area contributed by atoms with Gasteiger partial charge in [0.25, 0.3) is 0 Å². The first-order chi connectivity index (χ1) is 13.4. The van der Waals surface area contributed by atoms with Crippen molar-refractivity contribution in [1.82, 2.24) is 4.98 Å². The number of nitrogens with one attached hydrogen (secondary N) is 1. The molecule has 0 unspecified atom stereocenters. The summed E-state index contributed by atoms with van der Waals surface area (Å²) in [6.07, 6.45) is 0.145. The number of benzene rings is 2. The standard InChI is InChI=1S/C20H16Cl2N2O3S/c1-12-5-7-13(8-6-12)23-17(25)9-18-24-14(11-28-18)10-27-20(26)15-3-2-4-16(21)19(15)22/h2-8,11H,9-10H2,1H3,(H,23,25). The number of nitrogens with zero attached hydrogens (tertiary/aromatic N) is 1. The fraction of sp³-hybridized carbons (Fsp3) is 0.150. The average molecular weight is 435 g/mol. The molecule has 3 aromatic rings. The first kappa shape index (κ1) is 20.3. The van der Waals surface area contributed by atoms with E-state index in [-0.39, 0.29) is 34.5 Å². The lowest BCUT2D eigenvalue weighted by Gasteiger charge is -2.06. The van der Waals surface area contributed by atoms with Crippen LogP contribution in [-0.2, 0) is 22.6 Å². The highest BCUT2D eigenvalue weighted by atomic mass is 35.5. The highest BCUT2D eigenvalue weighted by Crippen LogP contribution is 2.26. The van der Waals surface area contributed by atoms with E-state index in [0.717, 1.165) is 11.3 Å². The van der Waals surface area contributed by atoms with E-state index in [1.165, 1.54) is 11.3 Å². The van der Waals surface area contributed by atoms with Crippen molar-refractivity contribution in [2.45, 2.75) is 20.0 Å². The Balaban J connectivity index is 1.53. The molecule has 8 heteroatoms. The van der Waals surface area contributed by atoms with Crippen LogP contribution in [-0.4, -0.2) is 16.9 Å². The Bertz CT molecular complexity index is 1000. The molecule has 0 radical (unpaired) electrons. The molecule has 1 amide bonds. The van der Waals surface area contributed by atoms with E-state index >= 15 is 0 Å². The van der Waals surface area contributed by atoms with Crippen molar-refractivity contribution >= 4 is 52.1 Å². The van der Waals surface area contributed by atoms with Gasteiger partial charge in [-0.3, -0.25) is 4.79 Å². The van der Waals surface area contributed by atoms with Gasteiger partial charge in [0.1, 0.15) is 11.6 Å². The first-order valence-electron chi connectivity index (χ1n) is 8.33. The second-order valence-corrected chi connectivity index (χ2v) is 7.73. The van der Waals surface area contributed by atoms with E-state index in [0.29, 0.717) is 10.7 Å². The number of carbonyl (C=O) groups is 2. The molecule has 1 aromatic heterocycles. The van der Waals surface area contributed by atoms with E-state index in [2.05, 4.69) is 10.3 Å². The van der Waals surface area contributed by atoms with Crippen LogP contribution in [0.4, 0.5) is 5.69 Å². The van der Waals surface area contributed by atoms with E-state index in [4.69, 9.17) is 27.9 Å². The number of rotatable bonds is 6. The van der Waals surface area contributed by atoms with Gasteiger partial charge in [-0.25, -0.2) is 9.78 Å². The third-order valence-electron chi connectivity index (χ3n) is 3.77. The molecule has 0 aliphatic rings. The number of halogens is 2. The van der Waals surface area contributed by atoms with Crippen molar-refractivity contribution in [3.8, 4) is 0 Å². The van der Waals surface area contributed by atoms with Crippen LogP contribution >= 0.6 is 34.5 Å². The van der Waals surface area contributed by atoms with Crippen molar-refractivity contribution in [1.29, 1.82) is 0 Å². The first-order valence-corrected chi connectivity index (χ1v) is 9.97. The molecule has 5 nitrogen and oxygen atoms in total. The van der Waals surface area contributed by atoms with Gasteiger partial charge in [0.15, 0.2) is 0 Å².